The SMILES string of the molecule is CCCC1=CC(CC)CC1. The van der Waals surface area contributed by atoms with Gasteiger partial charge >= 0.3 is 0 Å². The first-order chi connectivity index (χ1) is 4.86. The van der Waals surface area contributed by atoms with Gasteiger partial charge in [-0.15, -0.1) is 0 Å². The Labute approximate surface area is 64.3 Å². The van der Waals surface area contributed by atoms with Crippen molar-refractivity contribution in [1.29, 1.82) is 0 Å². The summed E-state index contributed by atoms with van der Waals surface area (Å²) in [6.07, 6.45) is 9.31. The molecule has 0 N–H and O–H groups in total. The summed E-state index contributed by atoms with van der Waals surface area (Å²) in [5, 5.41) is 0. The number of rotatable bonds is 3. The highest BCUT2D eigenvalue weighted by Gasteiger charge is 2.12. The highest BCUT2D eigenvalue weighted by atomic mass is 14.2. The predicted octanol–water partition coefficient (Wildman–Crippen LogP) is 3.53. The van der Waals surface area contributed by atoms with Crippen molar-refractivity contribution in [1.82, 2.24) is 0 Å². The minimum Gasteiger partial charge on any atom is -0.0822 e. The molecular formula is C10H18. The van der Waals surface area contributed by atoms with Gasteiger partial charge in [-0.3, -0.25) is 0 Å². The molecule has 0 amide bonds. The average molecular weight is 138 g/mol. The van der Waals surface area contributed by atoms with Crippen molar-refractivity contribution >= 4 is 0 Å². The lowest BCUT2D eigenvalue weighted by molar-refractivity contribution is 0.609. The van der Waals surface area contributed by atoms with E-state index < -0.39 is 0 Å². The monoisotopic (exact) mass is 138 g/mol. The maximum absolute atomic E-state index is 2.50. The molecule has 0 aliphatic heterocycles. The topological polar surface area (TPSA) is 0 Å². The highest BCUT2D eigenvalue weighted by Crippen LogP contribution is 2.28. The second-order valence-electron chi connectivity index (χ2n) is 3.28. The minimum atomic E-state index is 0.918. The molecule has 0 aromatic rings. The van der Waals surface area contributed by atoms with Crippen LogP contribution in [0.4, 0.5) is 0 Å². The Bertz CT molecular complexity index is 122. The van der Waals surface area contributed by atoms with Gasteiger partial charge in [0.2, 0.25) is 0 Å². The van der Waals surface area contributed by atoms with Crippen molar-refractivity contribution in [2.75, 3.05) is 0 Å². The molecule has 0 spiro atoms. The predicted molar refractivity (Wildman–Crippen MR) is 46.0 cm³/mol. The summed E-state index contributed by atoms with van der Waals surface area (Å²) in [5.74, 6) is 0.918. The molecule has 58 valence electrons. The van der Waals surface area contributed by atoms with Gasteiger partial charge in [0, 0.05) is 0 Å². The van der Waals surface area contributed by atoms with Crippen LogP contribution in [0, 0.1) is 5.92 Å². The summed E-state index contributed by atoms with van der Waals surface area (Å²) >= 11 is 0. The quantitative estimate of drug-likeness (QED) is 0.523. The normalized spacial score (nSPS) is 25.0. The zero-order valence-electron chi connectivity index (χ0n) is 7.19. The molecule has 0 heterocycles. The summed E-state index contributed by atoms with van der Waals surface area (Å²) < 4.78 is 0. The van der Waals surface area contributed by atoms with Gasteiger partial charge in [0.15, 0.2) is 0 Å². The van der Waals surface area contributed by atoms with Gasteiger partial charge in [-0.1, -0.05) is 31.9 Å². The van der Waals surface area contributed by atoms with E-state index in [2.05, 4.69) is 19.9 Å². The molecule has 0 aromatic carbocycles. The van der Waals surface area contributed by atoms with Gasteiger partial charge in [0.25, 0.3) is 0 Å². The fourth-order valence-corrected chi connectivity index (χ4v) is 1.72. The van der Waals surface area contributed by atoms with Crippen molar-refractivity contribution in [2.24, 2.45) is 5.92 Å². The molecule has 0 saturated heterocycles. The molecule has 0 heteroatoms. The van der Waals surface area contributed by atoms with Crippen molar-refractivity contribution in [2.45, 2.75) is 46.0 Å². The minimum absolute atomic E-state index is 0.918. The summed E-state index contributed by atoms with van der Waals surface area (Å²) in [6.45, 7) is 4.55. The zero-order chi connectivity index (χ0) is 7.40. The largest absolute Gasteiger partial charge is 0.0822 e. The highest BCUT2D eigenvalue weighted by molar-refractivity contribution is 5.10. The summed E-state index contributed by atoms with van der Waals surface area (Å²) in [5.41, 5.74) is 1.72. The third kappa shape index (κ3) is 1.86. The lowest BCUT2D eigenvalue weighted by atomic mass is 10.1. The Morgan fingerprint density at radius 1 is 1.50 bits per heavy atom. The fourth-order valence-electron chi connectivity index (χ4n) is 1.72. The molecule has 0 fully saturated rings. The molecule has 0 nitrogen and oxygen atoms in total. The maximum atomic E-state index is 2.50. The molecular weight excluding hydrogens is 120 g/mol. The summed E-state index contributed by atoms with van der Waals surface area (Å²) in [4.78, 5) is 0. The number of hydrogen-bond donors (Lipinski definition) is 0. The molecule has 0 aromatic heterocycles. The molecule has 1 rings (SSSR count). The Kier molecular flexibility index (Phi) is 2.98. The van der Waals surface area contributed by atoms with E-state index in [4.69, 9.17) is 0 Å². The van der Waals surface area contributed by atoms with Crippen LogP contribution in [0.1, 0.15) is 46.0 Å². The first-order valence-electron chi connectivity index (χ1n) is 4.56. The van der Waals surface area contributed by atoms with E-state index in [1.807, 2.05) is 0 Å². The van der Waals surface area contributed by atoms with Crippen LogP contribution < -0.4 is 0 Å². The van der Waals surface area contributed by atoms with E-state index in [-0.39, 0.29) is 0 Å². The lowest BCUT2D eigenvalue weighted by Crippen LogP contribution is -1.84. The fraction of sp³-hybridized carbons (Fsp3) is 0.800. The molecule has 1 atom stereocenters. The van der Waals surface area contributed by atoms with Gasteiger partial charge in [-0.2, -0.15) is 0 Å². The third-order valence-corrected chi connectivity index (χ3v) is 2.40. The second kappa shape index (κ2) is 3.80. The van der Waals surface area contributed by atoms with Crippen LogP contribution in [0.25, 0.3) is 0 Å². The second-order valence-corrected chi connectivity index (χ2v) is 3.28. The van der Waals surface area contributed by atoms with Gasteiger partial charge in [0.1, 0.15) is 0 Å². The Hall–Kier alpha value is -0.260. The van der Waals surface area contributed by atoms with E-state index in [1.54, 1.807) is 5.57 Å². The van der Waals surface area contributed by atoms with E-state index >= 15 is 0 Å². The van der Waals surface area contributed by atoms with Crippen LogP contribution in [0.3, 0.4) is 0 Å². The summed E-state index contributed by atoms with van der Waals surface area (Å²) in [6, 6.07) is 0. The van der Waals surface area contributed by atoms with E-state index in [0.717, 1.165) is 5.92 Å². The molecule has 1 aliphatic rings. The van der Waals surface area contributed by atoms with Crippen molar-refractivity contribution in [3.05, 3.63) is 11.6 Å². The Morgan fingerprint density at radius 3 is 2.80 bits per heavy atom. The number of hydrogen-bond acceptors (Lipinski definition) is 0. The smallest absolute Gasteiger partial charge is 0.0230 e. The van der Waals surface area contributed by atoms with Crippen LogP contribution >= 0.6 is 0 Å². The molecule has 0 radical (unpaired) electrons. The van der Waals surface area contributed by atoms with Crippen LogP contribution in [-0.4, -0.2) is 0 Å². The molecule has 0 bridgehead atoms. The first kappa shape index (κ1) is 7.84. The first-order valence-corrected chi connectivity index (χ1v) is 4.56. The van der Waals surface area contributed by atoms with Crippen LogP contribution in [0.15, 0.2) is 11.6 Å². The summed E-state index contributed by atoms with van der Waals surface area (Å²) in [7, 11) is 0. The van der Waals surface area contributed by atoms with Gasteiger partial charge < -0.3 is 0 Å². The van der Waals surface area contributed by atoms with Crippen molar-refractivity contribution in [3.8, 4) is 0 Å². The molecule has 1 unspecified atom stereocenters. The van der Waals surface area contributed by atoms with E-state index in [0.29, 0.717) is 0 Å². The number of allylic oxidation sites excluding steroid dienone is 2. The standard InChI is InChI=1S/C10H18/c1-3-5-10-7-6-9(4-2)8-10/h8-9H,3-7H2,1-2H3. The molecule has 1 aliphatic carbocycles. The van der Waals surface area contributed by atoms with Gasteiger partial charge in [0.05, 0.1) is 0 Å². The van der Waals surface area contributed by atoms with Gasteiger partial charge in [-0.25, -0.2) is 0 Å². The van der Waals surface area contributed by atoms with Crippen molar-refractivity contribution in [3.63, 3.8) is 0 Å². The zero-order valence-corrected chi connectivity index (χ0v) is 7.19. The average Bonchev–Trinajstić information content (AvgIpc) is 2.37. The van der Waals surface area contributed by atoms with Crippen LogP contribution in [-0.2, 0) is 0 Å². The van der Waals surface area contributed by atoms with Crippen LogP contribution in [0.5, 0.6) is 0 Å². The van der Waals surface area contributed by atoms with E-state index in [9.17, 15) is 0 Å². The third-order valence-electron chi connectivity index (χ3n) is 2.40. The van der Waals surface area contributed by atoms with Gasteiger partial charge in [-0.05, 0) is 31.6 Å². The Balaban J connectivity index is 2.33. The maximum Gasteiger partial charge on any atom is -0.0230 e. The van der Waals surface area contributed by atoms with Crippen molar-refractivity contribution < 1.29 is 0 Å². The van der Waals surface area contributed by atoms with Crippen LogP contribution in [0.2, 0.25) is 0 Å². The van der Waals surface area contributed by atoms with E-state index in [1.165, 1.54) is 32.1 Å². The molecule has 10 heavy (non-hydrogen) atoms. The Morgan fingerprint density at radius 2 is 2.30 bits per heavy atom. The lowest BCUT2D eigenvalue weighted by Gasteiger charge is -1.97. The molecule has 0 saturated carbocycles.